The first-order valence-corrected chi connectivity index (χ1v) is 10.2. The van der Waals surface area contributed by atoms with Gasteiger partial charge in [0.05, 0.1) is 12.0 Å². The van der Waals surface area contributed by atoms with Crippen molar-refractivity contribution < 1.29 is 13.9 Å². The maximum atomic E-state index is 14.6. The monoisotopic (exact) mass is 383 g/mol. The van der Waals surface area contributed by atoms with Crippen LogP contribution >= 0.6 is 0 Å². The number of hydrogen-bond acceptors (Lipinski definition) is 2. The van der Waals surface area contributed by atoms with Crippen LogP contribution in [0.1, 0.15) is 57.1 Å². The molecule has 1 aliphatic rings. The van der Waals surface area contributed by atoms with Crippen LogP contribution in [0.4, 0.5) is 10.1 Å². The van der Waals surface area contributed by atoms with Crippen molar-refractivity contribution >= 4 is 11.6 Å². The van der Waals surface area contributed by atoms with E-state index in [0.29, 0.717) is 30.9 Å². The van der Waals surface area contributed by atoms with Crippen LogP contribution in [-0.4, -0.2) is 12.5 Å². The zero-order chi connectivity index (χ0) is 20.1. The highest BCUT2D eigenvalue weighted by Crippen LogP contribution is 2.41. The molecule has 0 atom stereocenters. The molecule has 4 heteroatoms. The third-order valence-electron chi connectivity index (χ3n) is 5.54. The van der Waals surface area contributed by atoms with E-state index in [0.717, 1.165) is 36.3 Å². The molecule has 0 spiro atoms. The van der Waals surface area contributed by atoms with Gasteiger partial charge in [0, 0.05) is 11.3 Å². The van der Waals surface area contributed by atoms with Crippen molar-refractivity contribution in [3.8, 4) is 5.75 Å². The first kappa shape index (κ1) is 20.4. The van der Waals surface area contributed by atoms with E-state index in [4.69, 9.17) is 4.74 Å². The highest BCUT2D eigenvalue weighted by Gasteiger charge is 2.42. The number of rotatable bonds is 6. The van der Waals surface area contributed by atoms with E-state index in [1.54, 1.807) is 12.1 Å². The number of benzene rings is 2. The number of carbonyl (C=O) groups excluding carboxylic acids is 1. The molecule has 1 fully saturated rings. The van der Waals surface area contributed by atoms with Crippen LogP contribution in [0.25, 0.3) is 0 Å². The second kappa shape index (κ2) is 8.76. The van der Waals surface area contributed by atoms with Crippen LogP contribution < -0.4 is 10.1 Å². The molecule has 0 saturated heterocycles. The molecule has 0 aromatic heterocycles. The lowest BCUT2D eigenvalue weighted by Gasteiger charge is -2.36. The van der Waals surface area contributed by atoms with Gasteiger partial charge < -0.3 is 10.1 Å². The number of nitrogens with one attached hydrogen (secondary N) is 1. The topological polar surface area (TPSA) is 38.3 Å². The Morgan fingerprint density at radius 1 is 1.14 bits per heavy atom. The summed E-state index contributed by atoms with van der Waals surface area (Å²) < 4.78 is 20.4. The maximum Gasteiger partial charge on any atom is 0.235 e. The number of halogens is 1. The van der Waals surface area contributed by atoms with Gasteiger partial charge >= 0.3 is 0 Å². The second-order valence-electron chi connectivity index (χ2n) is 8.26. The predicted molar refractivity (Wildman–Crippen MR) is 111 cm³/mol. The van der Waals surface area contributed by atoms with Gasteiger partial charge in [0.15, 0.2) is 0 Å². The van der Waals surface area contributed by atoms with Gasteiger partial charge in [-0.15, -0.1) is 0 Å². The predicted octanol–water partition coefficient (Wildman–Crippen LogP) is 6.01. The molecule has 150 valence electrons. The average molecular weight is 384 g/mol. The molecule has 3 nitrogen and oxygen atoms in total. The summed E-state index contributed by atoms with van der Waals surface area (Å²) in [5.74, 6) is 0.861. The Morgan fingerprint density at radius 2 is 1.86 bits per heavy atom. The Kier molecular flexibility index (Phi) is 6.38. The smallest absolute Gasteiger partial charge is 0.235 e. The Labute approximate surface area is 167 Å². The summed E-state index contributed by atoms with van der Waals surface area (Å²) in [7, 11) is 0. The summed E-state index contributed by atoms with van der Waals surface area (Å²) in [6, 6.07) is 12.4. The zero-order valence-corrected chi connectivity index (χ0v) is 17.1. The van der Waals surface area contributed by atoms with E-state index >= 15 is 0 Å². The molecule has 0 unspecified atom stereocenters. The zero-order valence-electron chi connectivity index (χ0n) is 17.1. The molecular formula is C24H30FNO2. The van der Waals surface area contributed by atoms with Crippen molar-refractivity contribution in [2.24, 2.45) is 5.92 Å². The number of carbonyl (C=O) groups is 1. The summed E-state index contributed by atoms with van der Waals surface area (Å²) in [6.45, 7) is 6.84. The van der Waals surface area contributed by atoms with E-state index in [2.05, 4.69) is 19.2 Å². The highest BCUT2D eigenvalue weighted by atomic mass is 19.1. The molecule has 1 amide bonds. The quantitative estimate of drug-likeness (QED) is 0.663. The summed E-state index contributed by atoms with van der Waals surface area (Å²) in [6.07, 6.45) is 4.30. The summed E-state index contributed by atoms with van der Waals surface area (Å²) in [5.41, 5.74) is 1.41. The highest BCUT2D eigenvalue weighted by molar-refractivity contribution is 5.99. The third-order valence-corrected chi connectivity index (χ3v) is 5.54. The van der Waals surface area contributed by atoms with Gasteiger partial charge in [-0.1, -0.05) is 51.3 Å². The Bertz CT molecular complexity index is 825. The van der Waals surface area contributed by atoms with Crippen LogP contribution in [0.2, 0.25) is 0 Å². The van der Waals surface area contributed by atoms with Crippen LogP contribution in [0.15, 0.2) is 42.5 Å². The van der Waals surface area contributed by atoms with E-state index in [1.807, 2.05) is 31.2 Å². The van der Waals surface area contributed by atoms with Gasteiger partial charge in [0.2, 0.25) is 5.91 Å². The fourth-order valence-electron chi connectivity index (χ4n) is 4.02. The van der Waals surface area contributed by atoms with Gasteiger partial charge in [0.25, 0.3) is 0 Å². The average Bonchev–Trinajstić information content (AvgIpc) is 2.68. The van der Waals surface area contributed by atoms with Gasteiger partial charge in [0.1, 0.15) is 11.6 Å². The second-order valence-corrected chi connectivity index (χ2v) is 8.26. The van der Waals surface area contributed by atoms with Crippen molar-refractivity contribution in [2.45, 2.75) is 58.3 Å². The lowest BCUT2D eigenvalue weighted by atomic mass is 9.68. The molecule has 0 radical (unpaired) electrons. The van der Waals surface area contributed by atoms with Gasteiger partial charge in [-0.3, -0.25) is 4.79 Å². The van der Waals surface area contributed by atoms with E-state index in [9.17, 15) is 9.18 Å². The standard InChI is InChI=1S/C24H30FNO2/c1-17(2)16-28-22-12-11-19(15-18(22)3)26-23(27)24(13-7-4-8-14-24)20-9-5-6-10-21(20)25/h5-6,9-12,15,17H,4,7-8,13-14,16H2,1-3H3,(H,26,27). The molecule has 3 rings (SSSR count). The van der Waals surface area contributed by atoms with Gasteiger partial charge in [-0.25, -0.2) is 4.39 Å². The number of amides is 1. The lowest BCUT2D eigenvalue weighted by molar-refractivity contribution is -0.122. The van der Waals surface area contributed by atoms with Crippen molar-refractivity contribution in [2.75, 3.05) is 11.9 Å². The van der Waals surface area contributed by atoms with Crippen molar-refractivity contribution in [1.82, 2.24) is 0 Å². The SMILES string of the molecule is Cc1cc(NC(=O)C2(c3ccccc3F)CCCCC2)ccc1OCC(C)C. The molecule has 0 aliphatic heterocycles. The molecule has 1 N–H and O–H groups in total. The Morgan fingerprint density at radius 3 is 2.50 bits per heavy atom. The molecule has 0 bridgehead atoms. The van der Waals surface area contributed by atoms with Crippen molar-refractivity contribution in [3.63, 3.8) is 0 Å². The normalized spacial score (nSPS) is 16.0. The molecule has 2 aromatic rings. The molecular weight excluding hydrogens is 353 g/mol. The number of anilines is 1. The summed E-state index contributed by atoms with van der Waals surface area (Å²) in [5, 5.41) is 3.05. The minimum Gasteiger partial charge on any atom is -0.493 e. The van der Waals surface area contributed by atoms with Crippen molar-refractivity contribution in [1.29, 1.82) is 0 Å². The molecule has 2 aromatic carbocycles. The van der Waals surface area contributed by atoms with E-state index in [1.165, 1.54) is 6.07 Å². The van der Waals surface area contributed by atoms with Crippen LogP contribution in [0.5, 0.6) is 5.75 Å². The van der Waals surface area contributed by atoms with E-state index in [-0.39, 0.29) is 11.7 Å². The van der Waals surface area contributed by atoms with Crippen molar-refractivity contribution in [3.05, 3.63) is 59.4 Å². The summed E-state index contributed by atoms with van der Waals surface area (Å²) >= 11 is 0. The Hall–Kier alpha value is -2.36. The van der Waals surface area contributed by atoms with Crippen LogP contribution in [0, 0.1) is 18.7 Å². The maximum absolute atomic E-state index is 14.6. The van der Waals surface area contributed by atoms with Crippen LogP contribution in [-0.2, 0) is 10.2 Å². The number of aryl methyl sites for hydroxylation is 1. The van der Waals surface area contributed by atoms with Gasteiger partial charge in [-0.2, -0.15) is 0 Å². The molecule has 1 saturated carbocycles. The molecule has 0 heterocycles. The first-order valence-electron chi connectivity index (χ1n) is 10.2. The van der Waals surface area contributed by atoms with Crippen LogP contribution in [0.3, 0.4) is 0 Å². The number of ether oxygens (including phenoxy) is 1. The fraction of sp³-hybridized carbons (Fsp3) is 0.458. The first-order chi connectivity index (χ1) is 13.4. The van der Waals surface area contributed by atoms with Gasteiger partial charge in [-0.05, 0) is 55.5 Å². The minimum atomic E-state index is -0.801. The van der Waals surface area contributed by atoms with E-state index < -0.39 is 5.41 Å². The summed E-state index contributed by atoms with van der Waals surface area (Å²) in [4.78, 5) is 13.3. The fourth-order valence-corrected chi connectivity index (χ4v) is 4.02. The molecule has 1 aliphatic carbocycles. The number of hydrogen-bond donors (Lipinski definition) is 1. The molecule has 28 heavy (non-hydrogen) atoms. The minimum absolute atomic E-state index is 0.118. The third kappa shape index (κ3) is 4.37. The lowest BCUT2D eigenvalue weighted by Crippen LogP contribution is -2.42. The largest absolute Gasteiger partial charge is 0.493 e. The Balaban J connectivity index is 1.83.